The molecule has 0 atom stereocenters. The molecule has 3 aromatic rings. The SMILES string of the molecule is Cc1ccc2nc(C(C)(C)C)c(N=Nc3cc(Cl)ccc3O)n2c1. The zero-order chi connectivity index (χ0) is 17.5. The molecule has 0 aliphatic carbocycles. The van der Waals surface area contributed by atoms with Crippen LogP contribution in [-0.4, -0.2) is 14.5 Å². The van der Waals surface area contributed by atoms with E-state index in [9.17, 15) is 5.11 Å². The fourth-order valence-corrected chi connectivity index (χ4v) is 2.58. The van der Waals surface area contributed by atoms with E-state index in [-0.39, 0.29) is 11.2 Å². The standard InChI is InChI=1S/C18H19ClN4O/c1-11-5-8-15-20-16(18(2,3)4)17(23(15)10-11)22-21-13-9-12(19)6-7-14(13)24/h5-10,24H,1-4H3. The molecule has 0 saturated carbocycles. The molecule has 6 heteroatoms. The van der Waals surface area contributed by atoms with Crippen molar-refractivity contribution in [3.63, 3.8) is 0 Å². The van der Waals surface area contributed by atoms with Crippen molar-refractivity contribution in [3.05, 3.63) is 52.8 Å². The maximum Gasteiger partial charge on any atom is 0.183 e. The van der Waals surface area contributed by atoms with Crippen molar-refractivity contribution in [1.82, 2.24) is 9.38 Å². The third-order valence-corrected chi connectivity index (χ3v) is 3.88. The van der Waals surface area contributed by atoms with Crippen LogP contribution < -0.4 is 0 Å². The number of rotatable bonds is 2. The Hall–Kier alpha value is -2.40. The fraction of sp³-hybridized carbons (Fsp3) is 0.278. The lowest BCUT2D eigenvalue weighted by atomic mass is 9.92. The molecule has 0 saturated heterocycles. The molecule has 24 heavy (non-hydrogen) atoms. The number of azo groups is 1. The van der Waals surface area contributed by atoms with Crippen LogP contribution in [0.4, 0.5) is 11.5 Å². The van der Waals surface area contributed by atoms with Crippen LogP contribution in [0.15, 0.2) is 46.8 Å². The van der Waals surface area contributed by atoms with Crippen molar-refractivity contribution in [2.75, 3.05) is 0 Å². The Morgan fingerprint density at radius 1 is 1.12 bits per heavy atom. The number of aromatic hydroxyl groups is 1. The molecule has 0 spiro atoms. The number of benzene rings is 1. The summed E-state index contributed by atoms with van der Waals surface area (Å²) in [7, 11) is 0. The van der Waals surface area contributed by atoms with E-state index in [4.69, 9.17) is 16.6 Å². The highest BCUT2D eigenvalue weighted by Crippen LogP contribution is 2.35. The van der Waals surface area contributed by atoms with E-state index in [0.717, 1.165) is 16.9 Å². The molecular formula is C18H19ClN4O. The van der Waals surface area contributed by atoms with Crippen molar-refractivity contribution in [3.8, 4) is 5.75 Å². The van der Waals surface area contributed by atoms with Crippen LogP contribution in [0.25, 0.3) is 5.65 Å². The average Bonchev–Trinajstić information content (AvgIpc) is 2.86. The first-order chi connectivity index (χ1) is 11.3. The van der Waals surface area contributed by atoms with Crippen LogP contribution in [0.1, 0.15) is 32.0 Å². The van der Waals surface area contributed by atoms with Crippen molar-refractivity contribution in [2.45, 2.75) is 33.1 Å². The minimum Gasteiger partial charge on any atom is -0.506 e. The van der Waals surface area contributed by atoms with Gasteiger partial charge in [-0.2, -0.15) is 0 Å². The van der Waals surface area contributed by atoms with Crippen molar-refractivity contribution < 1.29 is 5.11 Å². The summed E-state index contributed by atoms with van der Waals surface area (Å²) in [6, 6.07) is 8.65. The largest absolute Gasteiger partial charge is 0.506 e. The lowest BCUT2D eigenvalue weighted by molar-refractivity contribution is 0.476. The maximum atomic E-state index is 9.92. The van der Waals surface area contributed by atoms with Gasteiger partial charge >= 0.3 is 0 Å². The quantitative estimate of drug-likeness (QED) is 0.606. The van der Waals surface area contributed by atoms with Gasteiger partial charge in [-0.1, -0.05) is 38.4 Å². The number of nitrogens with zero attached hydrogens (tertiary/aromatic N) is 4. The molecule has 1 N–H and O–H groups in total. The Balaban J connectivity index is 2.18. The van der Waals surface area contributed by atoms with Gasteiger partial charge in [0.25, 0.3) is 0 Å². The monoisotopic (exact) mass is 342 g/mol. The van der Waals surface area contributed by atoms with Gasteiger partial charge in [0.05, 0.1) is 5.69 Å². The average molecular weight is 343 g/mol. The Bertz CT molecular complexity index is 938. The zero-order valence-corrected chi connectivity index (χ0v) is 14.8. The molecule has 0 aliphatic heterocycles. The van der Waals surface area contributed by atoms with Gasteiger partial charge in [0.15, 0.2) is 5.82 Å². The number of imidazole rings is 1. The molecule has 0 fully saturated rings. The molecule has 0 amide bonds. The molecule has 1 aromatic carbocycles. The highest BCUT2D eigenvalue weighted by molar-refractivity contribution is 6.30. The summed E-state index contributed by atoms with van der Waals surface area (Å²) in [5, 5.41) is 19.0. The van der Waals surface area contributed by atoms with E-state index in [2.05, 4.69) is 31.0 Å². The highest BCUT2D eigenvalue weighted by atomic mass is 35.5. The van der Waals surface area contributed by atoms with E-state index in [1.165, 1.54) is 6.07 Å². The first kappa shape index (κ1) is 16.5. The summed E-state index contributed by atoms with van der Waals surface area (Å²) >= 11 is 5.97. The van der Waals surface area contributed by atoms with Crippen LogP contribution in [0.5, 0.6) is 5.75 Å². The van der Waals surface area contributed by atoms with E-state index < -0.39 is 0 Å². The molecule has 2 aromatic heterocycles. The molecule has 3 rings (SSSR count). The van der Waals surface area contributed by atoms with E-state index in [1.807, 2.05) is 29.7 Å². The molecule has 0 aliphatic rings. The van der Waals surface area contributed by atoms with Crippen molar-refractivity contribution in [2.24, 2.45) is 10.2 Å². The number of aryl methyl sites for hydroxylation is 1. The molecule has 0 bridgehead atoms. The Kier molecular flexibility index (Phi) is 4.05. The Labute approximate surface area is 145 Å². The molecule has 124 valence electrons. The molecule has 0 radical (unpaired) electrons. The van der Waals surface area contributed by atoms with Gasteiger partial charge in [0.2, 0.25) is 0 Å². The molecule has 0 unspecified atom stereocenters. The van der Waals surface area contributed by atoms with Gasteiger partial charge in [-0.15, -0.1) is 10.2 Å². The number of pyridine rings is 1. The van der Waals surface area contributed by atoms with Crippen LogP contribution in [0.2, 0.25) is 5.02 Å². The molecule has 2 heterocycles. The van der Waals surface area contributed by atoms with E-state index in [1.54, 1.807) is 12.1 Å². The minimum absolute atomic E-state index is 0.0328. The summed E-state index contributed by atoms with van der Waals surface area (Å²) < 4.78 is 1.92. The second-order valence-corrected chi connectivity index (χ2v) is 7.24. The number of halogens is 1. The van der Waals surface area contributed by atoms with Crippen LogP contribution >= 0.6 is 11.6 Å². The first-order valence-electron chi connectivity index (χ1n) is 7.65. The summed E-state index contributed by atoms with van der Waals surface area (Å²) in [4.78, 5) is 4.70. The number of aromatic nitrogens is 2. The van der Waals surface area contributed by atoms with E-state index in [0.29, 0.717) is 16.5 Å². The predicted molar refractivity (Wildman–Crippen MR) is 95.9 cm³/mol. The minimum atomic E-state index is -0.190. The third kappa shape index (κ3) is 3.12. The first-order valence-corrected chi connectivity index (χ1v) is 8.03. The van der Waals surface area contributed by atoms with Crippen LogP contribution in [0, 0.1) is 6.92 Å². The summed E-state index contributed by atoms with van der Waals surface area (Å²) in [6.07, 6.45) is 1.98. The lowest BCUT2D eigenvalue weighted by Crippen LogP contribution is -2.11. The summed E-state index contributed by atoms with van der Waals surface area (Å²) in [5.74, 6) is 0.686. The van der Waals surface area contributed by atoms with Crippen molar-refractivity contribution in [1.29, 1.82) is 0 Å². The van der Waals surface area contributed by atoms with E-state index >= 15 is 0 Å². The Morgan fingerprint density at radius 3 is 2.58 bits per heavy atom. The second-order valence-electron chi connectivity index (χ2n) is 6.80. The number of phenolic OH excluding ortho intramolecular Hbond substituents is 1. The third-order valence-electron chi connectivity index (χ3n) is 3.64. The van der Waals surface area contributed by atoms with Gasteiger partial charge in [-0.05, 0) is 36.8 Å². The smallest absolute Gasteiger partial charge is 0.183 e. The molecular weight excluding hydrogens is 324 g/mol. The van der Waals surface area contributed by atoms with Crippen LogP contribution in [-0.2, 0) is 5.41 Å². The summed E-state index contributed by atoms with van der Waals surface area (Å²) in [5.41, 5.74) is 2.89. The van der Waals surface area contributed by atoms with Gasteiger partial charge < -0.3 is 5.11 Å². The van der Waals surface area contributed by atoms with Crippen molar-refractivity contribution >= 4 is 28.8 Å². The zero-order valence-electron chi connectivity index (χ0n) is 14.1. The van der Waals surface area contributed by atoms with Crippen LogP contribution in [0.3, 0.4) is 0 Å². The number of hydrogen-bond donors (Lipinski definition) is 1. The van der Waals surface area contributed by atoms with Gasteiger partial charge in [0.1, 0.15) is 17.1 Å². The number of hydrogen-bond acceptors (Lipinski definition) is 4. The van der Waals surface area contributed by atoms with Gasteiger partial charge in [-0.25, -0.2) is 4.98 Å². The summed E-state index contributed by atoms with van der Waals surface area (Å²) in [6.45, 7) is 8.26. The lowest BCUT2D eigenvalue weighted by Gasteiger charge is -2.15. The molecule has 5 nitrogen and oxygen atoms in total. The highest BCUT2D eigenvalue weighted by Gasteiger charge is 2.24. The second kappa shape index (κ2) is 5.91. The predicted octanol–water partition coefficient (Wildman–Crippen LogP) is 5.71. The fourth-order valence-electron chi connectivity index (χ4n) is 2.42. The number of phenols is 1. The van der Waals surface area contributed by atoms with Gasteiger partial charge in [-0.3, -0.25) is 4.40 Å². The maximum absolute atomic E-state index is 9.92. The Morgan fingerprint density at radius 2 is 1.88 bits per heavy atom. The topological polar surface area (TPSA) is 62.2 Å². The number of fused-ring (bicyclic) bond motifs is 1. The normalized spacial score (nSPS) is 12.4. The van der Waals surface area contributed by atoms with Gasteiger partial charge in [0, 0.05) is 16.6 Å².